The van der Waals surface area contributed by atoms with E-state index in [9.17, 15) is 18.7 Å². The summed E-state index contributed by atoms with van der Waals surface area (Å²) in [5.74, 6) is -2.59. The zero-order valence-corrected chi connectivity index (χ0v) is 9.55. The van der Waals surface area contributed by atoms with E-state index in [-0.39, 0.29) is 6.54 Å². The van der Waals surface area contributed by atoms with E-state index in [2.05, 4.69) is 5.32 Å². The number of nitrogens with one attached hydrogen (secondary N) is 1. The number of carbonyl (C=O) groups excluding carboxylic acids is 1. The summed E-state index contributed by atoms with van der Waals surface area (Å²) in [6.45, 7) is 2.87. The molecule has 0 saturated carbocycles. The van der Waals surface area contributed by atoms with Crippen molar-refractivity contribution in [3.05, 3.63) is 29.3 Å². The topological polar surface area (TPSA) is 75.3 Å². The van der Waals surface area contributed by atoms with Crippen molar-refractivity contribution < 1.29 is 18.7 Å². The zero-order chi connectivity index (χ0) is 13.2. The van der Waals surface area contributed by atoms with E-state index in [0.717, 1.165) is 12.1 Å². The molecule has 0 aliphatic carbocycles. The molecule has 94 valence electrons. The number of rotatable bonds is 3. The van der Waals surface area contributed by atoms with Crippen molar-refractivity contribution in [2.24, 2.45) is 0 Å². The third-order valence-corrected chi connectivity index (χ3v) is 1.99. The Morgan fingerprint density at radius 3 is 2.59 bits per heavy atom. The van der Waals surface area contributed by atoms with Gasteiger partial charge in [0.1, 0.15) is 5.82 Å². The Balaban J connectivity index is 2.90. The van der Waals surface area contributed by atoms with Crippen LogP contribution >= 0.6 is 0 Å². The van der Waals surface area contributed by atoms with Gasteiger partial charge in [0, 0.05) is 6.54 Å². The summed E-state index contributed by atoms with van der Waals surface area (Å²) in [5.41, 5.74) is 3.15. The molecule has 0 saturated heterocycles. The quantitative estimate of drug-likeness (QED) is 0.695. The molecule has 0 unspecified atom stereocenters. The van der Waals surface area contributed by atoms with E-state index < -0.39 is 34.4 Å². The Morgan fingerprint density at radius 1 is 1.47 bits per heavy atom. The highest BCUT2D eigenvalue weighted by molar-refractivity contribution is 5.95. The number of hydrogen-bond donors (Lipinski definition) is 3. The van der Waals surface area contributed by atoms with Crippen molar-refractivity contribution in [3.63, 3.8) is 0 Å². The van der Waals surface area contributed by atoms with Crippen molar-refractivity contribution in [1.82, 2.24) is 5.32 Å². The standard InChI is InChI=1S/C11H14F2N2O2/c1-11(2,17)5-15-10(16)7-3-6(12)4-8(14)9(7)13/h3-4,17H,5,14H2,1-2H3,(H,15,16). The largest absolute Gasteiger partial charge is 0.396 e. The highest BCUT2D eigenvalue weighted by Gasteiger charge is 2.19. The number of nitrogens with two attached hydrogens (primary N) is 1. The van der Waals surface area contributed by atoms with Crippen molar-refractivity contribution in [2.45, 2.75) is 19.4 Å². The third-order valence-electron chi connectivity index (χ3n) is 1.99. The minimum Gasteiger partial charge on any atom is -0.396 e. The van der Waals surface area contributed by atoms with Crippen LogP contribution in [0.4, 0.5) is 14.5 Å². The van der Waals surface area contributed by atoms with Gasteiger partial charge >= 0.3 is 0 Å². The van der Waals surface area contributed by atoms with Crippen LogP contribution in [-0.2, 0) is 0 Å². The predicted octanol–water partition coefficient (Wildman–Crippen LogP) is 1.05. The average molecular weight is 244 g/mol. The Morgan fingerprint density at radius 2 is 2.06 bits per heavy atom. The Hall–Kier alpha value is -1.69. The van der Waals surface area contributed by atoms with Gasteiger partial charge in [0.05, 0.1) is 16.9 Å². The van der Waals surface area contributed by atoms with Crippen LogP contribution in [0.1, 0.15) is 24.2 Å². The maximum Gasteiger partial charge on any atom is 0.254 e. The van der Waals surface area contributed by atoms with Gasteiger partial charge in [0.2, 0.25) is 0 Å². The summed E-state index contributed by atoms with van der Waals surface area (Å²) >= 11 is 0. The van der Waals surface area contributed by atoms with Gasteiger partial charge in [-0.2, -0.15) is 0 Å². The van der Waals surface area contributed by atoms with Gasteiger partial charge in [-0.15, -0.1) is 0 Å². The summed E-state index contributed by atoms with van der Waals surface area (Å²) in [6.07, 6.45) is 0. The van der Waals surface area contributed by atoms with Crippen LogP contribution in [0.5, 0.6) is 0 Å². The molecule has 4 nitrogen and oxygen atoms in total. The maximum atomic E-state index is 13.4. The van der Waals surface area contributed by atoms with Crippen molar-refractivity contribution in [1.29, 1.82) is 0 Å². The lowest BCUT2D eigenvalue weighted by atomic mass is 10.1. The highest BCUT2D eigenvalue weighted by Crippen LogP contribution is 2.17. The fourth-order valence-electron chi connectivity index (χ4n) is 1.17. The monoisotopic (exact) mass is 244 g/mol. The number of anilines is 1. The van der Waals surface area contributed by atoms with Crippen molar-refractivity contribution >= 4 is 11.6 Å². The number of carbonyl (C=O) groups is 1. The first-order chi connectivity index (χ1) is 7.70. The number of aliphatic hydroxyl groups is 1. The molecule has 0 fully saturated rings. The maximum absolute atomic E-state index is 13.4. The van der Waals surface area contributed by atoms with Crippen molar-refractivity contribution in [2.75, 3.05) is 12.3 Å². The number of hydrogen-bond acceptors (Lipinski definition) is 3. The molecule has 1 rings (SSSR count). The molecule has 6 heteroatoms. The van der Waals surface area contributed by atoms with Crippen LogP contribution in [0.3, 0.4) is 0 Å². The van der Waals surface area contributed by atoms with Crippen LogP contribution < -0.4 is 11.1 Å². The van der Waals surface area contributed by atoms with Gasteiger partial charge in [-0.1, -0.05) is 0 Å². The van der Waals surface area contributed by atoms with Gasteiger partial charge in [-0.25, -0.2) is 8.78 Å². The van der Waals surface area contributed by atoms with Crippen LogP contribution in [0, 0.1) is 11.6 Å². The van der Waals surface area contributed by atoms with E-state index in [4.69, 9.17) is 5.73 Å². The Labute approximate surface area is 97.4 Å². The second kappa shape index (κ2) is 4.67. The van der Waals surface area contributed by atoms with E-state index in [1.54, 1.807) is 0 Å². The molecule has 0 bridgehead atoms. The van der Waals surface area contributed by atoms with Gasteiger partial charge in [0.15, 0.2) is 5.82 Å². The molecule has 0 spiro atoms. The first kappa shape index (κ1) is 13.4. The van der Waals surface area contributed by atoms with Crippen LogP contribution in [0.15, 0.2) is 12.1 Å². The number of benzene rings is 1. The normalized spacial score (nSPS) is 11.4. The minimum absolute atomic E-state index is 0.0817. The van der Waals surface area contributed by atoms with Gasteiger partial charge in [-0.3, -0.25) is 4.79 Å². The van der Waals surface area contributed by atoms with E-state index >= 15 is 0 Å². The number of halogens is 2. The second-order valence-corrected chi connectivity index (χ2v) is 4.35. The van der Waals surface area contributed by atoms with Crippen LogP contribution in [-0.4, -0.2) is 23.2 Å². The third kappa shape index (κ3) is 3.67. The average Bonchev–Trinajstić information content (AvgIpc) is 2.19. The lowest BCUT2D eigenvalue weighted by molar-refractivity contribution is 0.0692. The molecule has 0 heterocycles. The zero-order valence-electron chi connectivity index (χ0n) is 9.55. The summed E-state index contributed by atoms with van der Waals surface area (Å²) in [5, 5.41) is 11.7. The summed E-state index contributed by atoms with van der Waals surface area (Å²) in [6, 6.07) is 1.55. The van der Waals surface area contributed by atoms with Crippen molar-refractivity contribution in [3.8, 4) is 0 Å². The molecule has 0 atom stereocenters. The fraction of sp³-hybridized carbons (Fsp3) is 0.364. The number of amides is 1. The molecule has 0 aromatic heterocycles. The Bertz CT molecular complexity index is 442. The summed E-state index contributed by atoms with van der Waals surface area (Å²) < 4.78 is 26.4. The summed E-state index contributed by atoms with van der Waals surface area (Å²) in [4.78, 5) is 11.5. The second-order valence-electron chi connectivity index (χ2n) is 4.35. The fourth-order valence-corrected chi connectivity index (χ4v) is 1.17. The van der Waals surface area contributed by atoms with Gasteiger partial charge < -0.3 is 16.2 Å². The molecule has 17 heavy (non-hydrogen) atoms. The SMILES string of the molecule is CC(C)(O)CNC(=O)c1cc(F)cc(N)c1F. The molecule has 0 radical (unpaired) electrons. The molecular formula is C11H14F2N2O2. The van der Waals surface area contributed by atoms with E-state index in [1.807, 2.05) is 0 Å². The highest BCUT2D eigenvalue weighted by atomic mass is 19.1. The molecule has 0 aliphatic rings. The predicted molar refractivity (Wildman–Crippen MR) is 59.4 cm³/mol. The van der Waals surface area contributed by atoms with Gasteiger partial charge in [-0.05, 0) is 26.0 Å². The molecule has 1 amide bonds. The molecular weight excluding hydrogens is 230 g/mol. The molecule has 0 aliphatic heterocycles. The first-order valence-electron chi connectivity index (χ1n) is 4.96. The summed E-state index contributed by atoms with van der Waals surface area (Å²) in [7, 11) is 0. The van der Waals surface area contributed by atoms with E-state index in [0.29, 0.717) is 0 Å². The Kier molecular flexibility index (Phi) is 3.67. The molecule has 4 N–H and O–H groups in total. The van der Waals surface area contributed by atoms with Crippen LogP contribution in [0.25, 0.3) is 0 Å². The number of nitrogen functional groups attached to an aromatic ring is 1. The smallest absolute Gasteiger partial charge is 0.254 e. The minimum atomic E-state index is -1.13. The first-order valence-corrected chi connectivity index (χ1v) is 4.96. The van der Waals surface area contributed by atoms with Gasteiger partial charge in [0.25, 0.3) is 5.91 Å². The lowest BCUT2D eigenvalue weighted by Crippen LogP contribution is -2.38. The lowest BCUT2D eigenvalue weighted by Gasteiger charge is -2.17. The molecule has 1 aromatic carbocycles. The van der Waals surface area contributed by atoms with E-state index in [1.165, 1.54) is 13.8 Å². The molecule has 1 aromatic rings. The van der Waals surface area contributed by atoms with Crippen LogP contribution in [0.2, 0.25) is 0 Å².